The zero-order chi connectivity index (χ0) is 16.5. The van der Waals surface area contributed by atoms with Crippen LogP contribution in [-0.2, 0) is 0 Å². The maximum absolute atomic E-state index is 4.88. The van der Waals surface area contributed by atoms with Crippen molar-refractivity contribution in [3.05, 3.63) is 30.5 Å². The third kappa shape index (κ3) is 3.39. The van der Waals surface area contributed by atoms with E-state index in [0.29, 0.717) is 12.0 Å². The van der Waals surface area contributed by atoms with Gasteiger partial charge in [-0.15, -0.1) is 0 Å². The summed E-state index contributed by atoms with van der Waals surface area (Å²) in [4.78, 5) is 14.7. The molecule has 2 aliphatic rings. The molecule has 128 valence electrons. The van der Waals surface area contributed by atoms with Crippen molar-refractivity contribution < 1.29 is 0 Å². The fraction of sp³-hybridized carbons (Fsp3) is 0.600. The monoisotopic (exact) mass is 324 g/mol. The Bertz CT molecular complexity index is 695. The summed E-state index contributed by atoms with van der Waals surface area (Å²) in [7, 11) is 0. The van der Waals surface area contributed by atoms with Gasteiger partial charge in [0.05, 0.1) is 17.2 Å². The van der Waals surface area contributed by atoms with Crippen LogP contribution in [0.4, 0.5) is 5.82 Å². The van der Waals surface area contributed by atoms with Crippen LogP contribution in [-0.4, -0.2) is 47.1 Å². The van der Waals surface area contributed by atoms with Gasteiger partial charge in [-0.1, -0.05) is 26.0 Å². The Labute approximate surface area is 144 Å². The van der Waals surface area contributed by atoms with Gasteiger partial charge in [0.25, 0.3) is 0 Å². The van der Waals surface area contributed by atoms with Crippen molar-refractivity contribution in [1.29, 1.82) is 0 Å². The fourth-order valence-electron chi connectivity index (χ4n) is 3.86. The minimum Gasteiger partial charge on any atom is -0.354 e. The van der Waals surface area contributed by atoms with E-state index in [-0.39, 0.29) is 0 Å². The molecule has 24 heavy (non-hydrogen) atoms. The Morgan fingerprint density at radius 3 is 2.67 bits per heavy atom. The Balaban J connectivity index is 1.57. The molecular weight excluding hydrogens is 296 g/mol. The van der Waals surface area contributed by atoms with E-state index in [4.69, 9.17) is 4.98 Å². The topological polar surface area (TPSA) is 32.3 Å². The number of anilines is 1. The molecule has 2 aromatic rings. The molecular formula is C20H28N4. The zero-order valence-corrected chi connectivity index (χ0v) is 14.9. The first-order valence-electron chi connectivity index (χ1n) is 9.41. The lowest BCUT2D eigenvalue weighted by atomic mass is 10.0. The smallest absolute Gasteiger partial charge is 0.147 e. The molecule has 4 rings (SSSR count). The van der Waals surface area contributed by atoms with Gasteiger partial charge >= 0.3 is 0 Å². The molecule has 2 heterocycles. The third-order valence-corrected chi connectivity index (χ3v) is 5.47. The van der Waals surface area contributed by atoms with Crippen molar-refractivity contribution in [1.82, 2.24) is 14.9 Å². The van der Waals surface area contributed by atoms with E-state index in [9.17, 15) is 0 Å². The lowest BCUT2D eigenvalue weighted by Crippen LogP contribution is -2.45. The SMILES string of the molecule is CC(C)[C@H]1CN(c2cnc3ccccc3n2)CCCN1CC1CC1. The highest BCUT2D eigenvalue weighted by Crippen LogP contribution is 2.32. The minimum absolute atomic E-state index is 0.612. The highest BCUT2D eigenvalue weighted by Gasteiger charge is 2.32. The average Bonchev–Trinajstić information content (AvgIpc) is 3.42. The van der Waals surface area contributed by atoms with Gasteiger partial charge in [0.2, 0.25) is 0 Å². The number of para-hydroxylation sites is 2. The molecule has 1 aliphatic heterocycles. The van der Waals surface area contributed by atoms with Crippen LogP contribution in [0.5, 0.6) is 0 Å². The highest BCUT2D eigenvalue weighted by molar-refractivity contribution is 5.75. The van der Waals surface area contributed by atoms with Crippen molar-refractivity contribution in [2.24, 2.45) is 11.8 Å². The average molecular weight is 324 g/mol. The van der Waals surface area contributed by atoms with Crippen molar-refractivity contribution in [2.45, 2.75) is 39.2 Å². The van der Waals surface area contributed by atoms with Crippen molar-refractivity contribution >= 4 is 16.9 Å². The largest absolute Gasteiger partial charge is 0.354 e. The summed E-state index contributed by atoms with van der Waals surface area (Å²) < 4.78 is 0. The van der Waals surface area contributed by atoms with Crippen LogP contribution >= 0.6 is 0 Å². The molecule has 0 unspecified atom stereocenters. The first-order valence-corrected chi connectivity index (χ1v) is 9.41. The first kappa shape index (κ1) is 15.8. The van der Waals surface area contributed by atoms with Crippen LogP contribution < -0.4 is 4.90 Å². The number of hydrogen-bond donors (Lipinski definition) is 0. The van der Waals surface area contributed by atoms with Crippen LogP contribution in [0, 0.1) is 11.8 Å². The second kappa shape index (κ2) is 6.67. The maximum Gasteiger partial charge on any atom is 0.147 e. The molecule has 4 nitrogen and oxygen atoms in total. The van der Waals surface area contributed by atoms with Crippen molar-refractivity contribution in [3.63, 3.8) is 0 Å². The van der Waals surface area contributed by atoms with E-state index >= 15 is 0 Å². The standard InChI is InChI=1S/C20H28N4/c1-15(2)19-14-24(11-5-10-23(19)13-16-8-9-16)20-12-21-17-6-3-4-7-18(17)22-20/h3-4,6-7,12,15-16,19H,5,8-11,13-14H2,1-2H3/t19-/m1/s1. The summed E-state index contributed by atoms with van der Waals surface area (Å²) in [6.45, 7) is 9.38. The normalized spacial score (nSPS) is 23.0. The summed E-state index contributed by atoms with van der Waals surface area (Å²) in [5.74, 6) is 2.66. The predicted molar refractivity (Wildman–Crippen MR) is 99.3 cm³/mol. The summed E-state index contributed by atoms with van der Waals surface area (Å²) in [6, 6.07) is 8.76. The van der Waals surface area contributed by atoms with E-state index in [1.165, 1.54) is 32.4 Å². The van der Waals surface area contributed by atoms with E-state index in [2.05, 4.69) is 34.7 Å². The number of hydrogen-bond acceptors (Lipinski definition) is 4. The second-order valence-electron chi connectivity index (χ2n) is 7.77. The van der Waals surface area contributed by atoms with Crippen LogP contribution in [0.3, 0.4) is 0 Å². The molecule has 1 atom stereocenters. The van der Waals surface area contributed by atoms with Crippen molar-refractivity contribution in [3.8, 4) is 0 Å². The molecule has 2 fully saturated rings. The van der Waals surface area contributed by atoms with Crippen LogP contribution in [0.25, 0.3) is 11.0 Å². The maximum atomic E-state index is 4.88. The van der Waals surface area contributed by atoms with Gasteiger partial charge in [-0.2, -0.15) is 0 Å². The predicted octanol–water partition coefficient (Wildman–Crippen LogP) is 3.58. The van der Waals surface area contributed by atoms with Gasteiger partial charge in [0.1, 0.15) is 5.82 Å². The number of fused-ring (bicyclic) bond motifs is 1. The summed E-state index contributed by atoms with van der Waals surface area (Å²) >= 11 is 0. The number of benzene rings is 1. The molecule has 1 aliphatic carbocycles. The molecule has 0 N–H and O–H groups in total. The van der Waals surface area contributed by atoms with Gasteiger partial charge in [-0.25, -0.2) is 4.98 Å². The van der Waals surface area contributed by atoms with Crippen molar-refractivity contribution in [2.75, 3.05) is 31.1 Å². The van der Waals surface area contributed by atoms with Crippen LogP contribution in [0.15, 0.2) is 30.5 Å². The van der Waals surface area contributed by atoms with Crippen LogP contribution in [0.1, 0.15) is 33.1 Å². The zero-order valence-electron chi connectivity index (χ0n) is 14.9. The Morgan fingerprint density at radius 1 is 1.12 bits per heavy atom. The van der Waals surface area contributed by atoms with Gasteiger partial charge in [-0.3, -0.25) is 9.88 Å². The quantitative estimate of drug-likeness (QED) is 0.860. The minimum atomic E-state index is 0.612. The number of aromatic nitrogens is 2. The van der Waals surface area contributed by atoms with E-state index < -0.39 is 0 Å². The highest BCUT2D eigenvalue weighted by atomic mass is 15.3. The lowest BCUT2D eigenvalue weighted by Gasteiger charge is -2.35. The lowest BCUT2D eigenvalue weighted by molar-refractivity contribution is 0.162. The molecule has 4 heteroatoms. The number of rotatable bonds is 4. The van der Waals surface area contributed by atoms with E-state index in [1.54, 1.807) is 0 Å². The molecule has 0 bridgehead atoms. The molecule has 1 saturated heterocycles. The van der Waals surface area contributed by atoms with Gasteiger partial charge in [0, 0.05) is 32.2 Å². The Kier molecular flexibility index (Phi) is 4.40. The Morgan fingerprint density at radius 2 is 1.92 bits per heavy atom. The summed E-state index contributed by atoms with van der Waals surface area (Å²) in [6.07, 6.45) is 6.03. The number of nitrogens with zero attached hydrogens (tertiary/aromatic N) is 4. The van der Waals surface area contributed by atoms with Crippen LogP contribution in [0.2, 0.25) is 0 Å². The molecule has 0 amide bonds. The second-order valence-corrected chi connectivity index (χ2v) is 7.77. The summed E-state index contributed by atoms with van der Waals surface area (Å²) in [5.41, 5.74) is 1.97. The molecule has 0 spiro atoms. The molecule has 1 saturated carbocycles. The molecule has 0 radical (unpaired) electrons. The Hall–Kier alpha value is -1.68. The third-order valence-electron chi connectivity index (χ3n) is 5.47. The molecule has 1 aromatic heterocycles. The van der Waals surface area contributed by atoms with Gasteiger partial charge in [-0.05, 0) is 43.2 Å². The van der Waals surface area contributed by atoms with E-state index in [1.807, 2.05) is 24.4 Å². The first-order chi connectivity index (χ1) is 11.7. The molecule has 1 aromatic carbocycles. The van der Waals surface area contributed by atoms with E-state index in [0.717, 1.165) is 35.9 Å². The van der Waals surface area contributed by atoms with Gasteiger partial charge < -0.3 is 4.90 Å². The van der Waals surface area contributed by atoms with Gasteiger partial charge in [0.15, 0.2) is 0 Å². The fourth-order valence-corrected chi connectivity index (χ4v) is 3.86. The summed E-state index contributed by atoms with van der Waals surface area (Å²) in [5, 5.41) is 0.